The molecule has 1 aromatic heterocycles. The normalized spacial score (nSPS) is 12.9. The highest BCUT2D eigenvalue weighted by molar-refractivity contribution is 5.18. The van der Waals surface area contributed by atoms with Crippen LogP contribution in [0, 0.1) is 5.92 Å². The van der Waals surface area contributed by atoms with Crippen molar-refractivity contribution in [2.75, 3.05) is 0 Å². The van der Waals surface area contributed by atoms with E-state index >= 15 is 0 Å². The number of aromatic nitrogens is 1. The lowest BCUT2D eigenvalue weighted by Crippen LogP contribution is -2.04. The fourth-order valence-electron chi connectivity index (χ4n) is 1.91. The first-order valence-corrected chi connectivity index (χ1v) is 6.04. The zero-order valence-corrected chi connectivity index (χ0v) is 10.4. The van der Waals surface area contributed by atoms with Crippen molar-refractivity contribution in [1.82, 2.24) is 4.57 Å². The molecule has 2 aromatic rings. The van der Waals surface area contributed by atoms with Gasteiger partial charge in [0, 0.05) is 18.9 Å². The van der Waals surface area contributed by atoms with Gasteiger partial charge in [0.05, 0.1) is 6.10 Å². The van der Waals surface area contributed by atoms with Gasteiger partial charge in [0.25, 0.3) is 0 Å². The van der Waals surface area contributed by atoms with Gasteiger partial charge < -0.3 is 9.67 Å². The van der Waals surface area contributed by atoms with Crippen molar-refractivity contribution in [2.24, 2.45) is 5.92 Å². The highest BCUT2D eigenvalue weighted by Gasteiger charge is 2.12. The number of hydrogen-bond donors (Lipinski definition) is 1. The van der Waals surface area contributed by atoms with Crippen LogP contribution in [0.3, 0.4) is 0 Å². The molecular formula is C15H19NO. The third-order valence-electron chi connectivity index (χ3n) is 2.95. The molecule has 1 unspecified atom stereocenters. The molecular weight excluding hydrogens is 210 g/mol. The lowest BCUT2D eigenvalue weighted by Gasteiger charge is -2.12. The van der Waals surface area contributed by atoms with Crippen molar-refractivity contribution < 1.29 is 5.11 Å². The maximum Gasteiger partial charge on any atom is 0.0827 e. The molecule has 2 rings (SSSR count). The van der Waals surface area contributed by atoms with Crippen LogP contribution in [0.25, 0.3) is 0 Å². The lowest BCUT2D eigenvalue weighted by atomic mass is 10.0. The summed E-state index contributed by atoms with van der Waals surface area (Å²) in [6, 6.07) is 12.3. The molecule has 0 aliphatic carbocycles. The predicted molar refractivity (Wildman–Crippen MR) is 69.8 cm³/mol. The molecule has 0 fully saturated rings. The van der Waals surface area contributed by atoms with Gasteiger partial charge in [-0.2, -0.15) is 0 Å². The van der Waals surface area contributed by atoms with E-state index in [0.29, 0.717) is 0 Å². The van der Waals surface area contributed by atoms with E-state index in [-0.39, 0.29) is 12.0 Å². The zero-order chi connectivity index (χ0) is 12.3. The Morgan fingerprint density at radius 1 is 1.12 bits per heavy atom. The van der Waals surface area contributed by atoms with E-state index in [0.717, 1.165) is 12.1 Å². The molecule has 0 aliphatic heterocycles. The summed E-state index contributed by atoms with van der Waals surface area (Å²) in [5.41, 5.74) is 2.27. The molecule has 1 atom stereocenters. The SMILES string of the molecule is CC(C)C(O)c1ccn(Cc2ccccc2)c1. The molecule has 0 amide bonds. The Balaban J connectivity index is 2.09. The fraction of sp³-hybridized carbons (Fsp3) is 0.333. The number of aliphatic hydroxyl groups excluding tert-OH is 1. The molecule has 0 radical (unpaired) electrons. The molecule has 0 bridgehead atoms. The standard InChI is InChI=1S/C15H19NO/c1-12(2)15(17)14-8-9-16(11-14)10-13-6-4-3-5-7-13/h3-9,11-12,15,17H,10H2,1-2H3. The second-order valence-corrected chi connectivity index (χ2v) is 4.79. The first kappa shape index (κ1) is 11.9. The summed E-state index contributed by atoms with van der Waals surface area (Å²) in [6.07, 6.45) is 3.68. The summed E-state index contributed by atoms with van der Waals surface area (Å²) in [4.78, 5) is 0. The van der Waals surface area contributed by atoms with E-state index < -0.39 is 0 Å². The molecule has 1 aromatic carbocycles. The third-order valence-corrected chi connectivity index (χ3v) is 2.95. The smallest absolute Gasteiger partial charge is 0.0827 e. The summed E-state index contributed by atoms with van der Waals surface area (Å²) in [5.74, 6) is 0.252. The molecule has 1 N–H and O–H groups in total. The van der Waals surface area contributed by atoms with Gasteiger partial charge in [-0.05, 0) is 23.1 Å². The molecule has 0 aliphatic rings. The Kier molecular flexibility index (Phi) is 3.64. The Bertz CT molecular complexity index is 459. The van der Waals surface area contributed by atoms with Gasteiger partial charge in [-0.3, -0.25) is 0 Å². The maximum atomic E-state index is 9.96. The van der Waals surface area contributed by atoms with Gasteiger partial charge in [-0.25, -0.2) is 0 Å². The highest BCUT2D eigenvalue weighted by Crippen LogP contribution is 2.21. The first-order chi connectivity index (χ1) is 8.16. The van der Waals surface area contributed by atoms with Crippen LogP contribution < -0.4 is 0 Å². The highest BCUT2D eigenvalue weighted by atomic mass is 16.3. The van der Waals surface area contributed by atoms with Crippen LogP contribution in [0.5, 0.6) is 0 Å². The van der Waals surface area contributed by atoms with Crippen LogP contribution in [0.1, 0.15) is 31.1 Å². The van der Waals surface area contributed by atoms with Crippen molar-refractivity contribution in [3.8, 4) is 0 Å². The molecule has 17 heavy (non-hydrogen) atoms. The topological polar surface area (TPSA) is 25.2 Å². The van der Waals surface area contributed by atoms with Gasteiger partial charge in [0.1, 0.15) is 0 Å². The van der Waals surface area contributed by atoms with Crippen molar-refractivity contribution >= 4 is 0 Å². The minimum absolute atomic E-state index is 0.252. The molecule has 90 valence electrons. The second-order valence-electron chi connectivity index (χ2n) is 4.79. The second kappa shape index (κ2) is 5.19. The molecule has 1 heterocycles. The Hall–Kier alpha value is -1.54. The van der Waals surface area contributed by atoms with Crippen LogP contribution in [-0.2, 0) is 6.54 Å². The minimum atomic E-state index is -0.368. The molecule has 0 spiro atoms. The number of benzene rings is 1. The summed E-state index contributed by atoms with van der Waals surface area (Å²) < 4.78 is 2.11. The average molecular weight is 229 g/mol. The Morgan fingerprint density at radius 2 is 1.82 bits per heavy atom. The first-order valence-electron chi connectivity index (χ1n) is 6.04. The predicted octanol–water partition coefficient (Wildman–Crippen LogP) is 3.23. The lowest BCUT2D eigenvalue weighted by molar-refractivity contribution is 0.127. The van der Waals surface area contributed by atoms with E-state index in [1.54, 1.807) is 0 Å². The minimum Gasteiger partial charge on any atom is -0.388 e. The van der Waals surface area contributed by atoms with E-state index in [4.69, 9.17) is 0 Å². The number of hydrogen-bond acceptors (Lipinski definition) is 1. The molecule has 0 saturated carbocycles. The molecule has 2 heteroatoms. The van der Waals surface area contributed by atoms with E-state index in [2.05, 4.69) is 16.7 Å². The number of aliphatic hydroxyl groups is 1. The zero-order valence-electron chi connectivity index (χ0n) is 10.4. The van der Waals surface area contributed by atoms with Crippen molar-refractivity contribution in [3.63, 3.8) is 0 Å². The van der Waals surface area contributed by atoms with Gasteiger partial charge in [0.15, 0.2) is 0 Å². The maximum absolute atomic E-state index is 9.96. The Morgan fingerprint density at radius 3 is 2.47 bits per heavy atom. The summed E-state index contributed by atoms with van der Waals surface area (Å²) >= 11 is 0. The van der Waals surface area contributed by atoms with Gasteiger partial charge in [0.2, 0.25) is 0 Å². The van der Waals surface area contributed by atoms with Crippen molar-refractivity contribution in [3.05, 3.63) is 59.9 Å². The Labute approximate surface area is 103 Å². The van der Waals surface area contributed by atoms with Crippen LogP contribution in [0.2, 0.25) is 0 Å². The van der Waals surface area contributed by atoms with Crippen LogP contribution >= 0.6 is 0 Å². The summed E-state index contributed by atoms with van der Waals surface area (Å²) in [5, 5.41) is 9.96. The molecule has 2 nitrogen and oxygen atoms in total. The summed E-state index contributed by atoms with van der Waals surface area (Å²) in [6.45, 7) is 4.91. The average Bonchev–Trinajstić information content (AvgIpc) is 2.77. The van der Waals surface area contributed by atoms with E-state index in [1.165, 1.54) is 5.56 Å². The van der Waals surface area contributed by atoms with Crippen LogP contribution in [0.4, 0.5) is 0 Å². The van der Waals surface area contributed by atoms with E-state index in [9.17, 15) is 5.11 Å². The van der Waals surface area contributed by atoms with Crippen LogP contribution in [-0.4, -0.2) is 9.67 Å². The number of nitrogens with zero attached hydrogens (tertiary/aromatic N) is 1. The third kappa shape index (κ3) is 2.98. The quantitative estimate of drug-likeness (QED) is 0.855. The van der Waals surface area contributed by atoms with Gasteiger partial charge in [-0.1, -0.05) is 44.2 Å². The number of rotatable bonds is 4. The van der Waals surface area contributed by atoms with Crippen molar-refractivity contribution in [1.29, 1.82) is 0 Å². The van der Waals surface area contributed by atoms with Crippen molar-refractivity contribution in [2.45, 2.75) is 26.5 Å². The largest absolute Gasteiger partial charge is 0.388 e. The van der Waals surface area contributed by atoms with Crippen LogP contribution in [0.15, 0.2) is 48.8 Å². The summed E-state index contributed by atoms with van der Waals surface area (Å²) in [7, 11) is 0. The van der Waals surface area contributed by atoms with Gasteiger partial charge in [-0.15, -0.1) is 0 Å². The van der Waals surface area contributed by atoms with E-state index in [1.807, 2.05) is 50.5 Å². The monoisotopic (exact) mass is 229 g/mol. The fourth-order valence-corrected chi connectivity index (χ4v) is 1.91. The van der Waals surface area contributed by atoms with Gasteiger partial charge >= 0.3 is 0 Å². The molecule has 0 saturated heterocycles.